The van der Waals surface area contributed by atoms with Crippen LogP contribution in [0.3, 0.4) is 0 Å². The van der Waals surface area contributed by atoms with Crippen molar-refractivity contribution in [3.63, 3.8) is 0 Å². The molecule has 0 aliphatic heterocycles. The van der Waals surface area contributed by atoms with E-state index in [4.69, 9.17) is 20.5 Å². The third kappa shape index (κ3) is 4.44. The number of anilines is 1. The Morgan fingerprint density at radius 2 is 2.59 bits per heavy atom. The molecule has 0 radical (unpaired) electrons. The van der Waals surface area contributed by atoms with Crippen molar-refractivity contribution in [2.24, 2.45) is 0 Å². The molecule has 1 aromatic heterocycles. The zero-order chi connectivity index (χ0) is 15.2. The van der Waals surface area contributed by atoms with Gasteiger partial charge in [0.2, 0.25) is 0 Å². The maximum atomic E-state index is 11.2. The molecule has 0 atom stereocenters. The third-order valence-corrected chi connectivity index (χ3v) is 3.40. The number of nitrogens with one attached hydrogen (secondary N) is 1. The lowest BCUT2D eigenvalue weighted by atomic mass is 10.4. The van der Waals surface area contributed by atoms with Crippen LogP contribution >= 0.6 is 23.4 Å². The number of nitrogens with zero attached hydrogens (tertiary/aromatic N) is 1. The Labute approximate surface area is 114 Å². The third-order valence-electron chi connectivity index (χ3n) is 1.84. The number of carbonyl (C=O) groups is 1. The van der Waals surface area contributed by atoms with Gasteiger partial charge in [-0.2, -0.15) is 0 Å². The van der Waals surface area contributed by atoms with Crippen LogP contribution in [-0.2, 0) is 9.53 Å². The summed E-state index contributed by atoms with van der Waals surface area (Å²) in [5, 5.41) is 2.50. The number of aromatic nitrogens is 1. The van der Waals surface area contributed by atoms with E-state index in [0.717, 1.165) is 0 Å². The lowest BCUT2D eigenvalue weighted by molar-refractivity contribution is -0.142. The van der Waals surface area contributed by atoms with Crippen LogP contribution in [0.15, 0.2) is 17.2 Å². The van der Waals surface area contributed by atoms with E-state index in [-0.39, 0.29) is 23.2 Å². The molecule has 0 amide bonds. The Hall–Kier alpha value is -0.940. The monoisotopic (exact) mass is 277 g/mol. The molecule has 1 aromatic rings. The fraction of sp³-hybridized carbons (Fsp3) is 0.455. The van der Waals surface area contributed by atoms with Gasteiger partial charge in [-0.15, -0.1) is 11.8 Å². The number of ether oxygens (including phenoxy) is 1. The Morgan fingerprint density at radius 1 is 1.76 bits per heavy atom. The Kier molecular flexibility index (Phi) is 4.36. The maximum absolute atomic E-state index is 11.2. The van der Waals surface area contributed by atoms with Gasteiger partial charge in [0.15, 0.2) is 0 Å². The van der Waals surface area contributed by atoms with Crippen molar-refractivity contribution in [2.45, 2.75) is 18.2 Å². The molecule has 4 nitrogen and oxygen atoms in total. The molecule has 0 saturated heterocycles. The van der Waals surface area contributed by atoms with E-state index in [0.29, 0.717) is 17.3 Å². The molecule has 0 aliphatic rings. The molecule has 17 heavy (non-hydrogen) atoms. The van der Waals surface area contributed by atoms with Gasteiger partial charge in [0, 0.05) is 27.9 Å². The molecule has 0 aromatic carbocycles. The number of hydrogen-bond donors (Lipinski definition) is 1. The number of hydrogen-bond acceptors (Lipinski definition) is 5. The van der Waals surface area contributed by atoms with E-state index in [1.807, 2.05) is 0 Å². The first-order valence-electron chi connectivity index (χ1n) is 6.54. The van der Waals surface area contributed by atoms with Crippen molar-refractivity contribution in [1.82, 2.24) is 4.98 Å². The molecule has 0 fully saturated rings. The van der Waals surface area contributed by atoms with Crippen LogP contribution in [0.25, 0.3) is 0 Å². The Morgan fingerprint density at radius 3 is 3.29 bits per heavy atom. The first-order valence-corrected chi connectivity index (χ1v) is 6.41. The highest BCUT2D eigenvalue weighted by atomic mass is 35.5. The van der Waals surface area contributed by atoms with Crippen molar-refractivity contribution in [3.05, 3.63) is 17.3 Å². The molecule has 94 valence electrons. The van der Waals surface area contributed by atoms with Crippen LogP contribution in [0, 0.1) is 0 Å². The molecule has 0 spiro atoms. The average molecular weight is 278 g/mol. The average Bonchev–Trinajstić information content (AvgIpc) is 2.32. The molecule has 6 heteroatoms. The van der Waals surface area contributed by atoms with Gasteiger partial charge < -0.3 is 10.1 Å². The van der Waals surface area contributed by atoms with Crippen LogP contribution in [0.2, 0.25) is 5.02 Å². The van der Waals surface area contributed by atoms with Gasteiger partial charge in [-0.3, -0.25) is 4.79 Å². The van der Waals surface area contributed by atoms with E-state index in [1.54, 1.807) is 13.0 Å². The summed E-state index contributed by atoms with van der Waals surface area (Å²) in [5.41, 5.74) is 0. The van der Waals surface area contributed by atoms with Crippen molar-refractivity contribution in [1.29, 1.82) is 0 Å². The minimum absolute atomic E-state index is 0.104. The second kappa shape index (κ2) is 7.40. The molecule has 0 bridgehead atoms. The molecule has 0 aliphatic carbocycles. The van der Waals surface area contributed by atoms with Crippen LogP contribution in [-0.4, -0.2) is 30.3 Å². The summed E-state index contributed by atoms with van der Waals surface area (Å²) in [4.78, 5) is 15.8. The van der Waals surface area contributed by atoms with E-state index < -0.39 is 6.98 Å². The number of carbonyl (C=O) groups excluding carboxylic acids is 1. The van der Waals surface area contributed by atoms with Crippen molar-refractivity contribution in [3.8, 4) is 0 Å². The maximum Gasteiger partial charge on any atom is 0.306 e. The van der Waals surface area contributed by atoms with Crippen molar-refractivity contribution >= 4 is 35.1 Å². The summed E-state index contributed by atoms with van der Waals surface area (Å²) >= 11 is 7.42. The van der Waals surface area contributed by atoms with E-state index in [1.165, 1.54) is 18.0 Å². The van der Waals surface area contributed by atoms with E-state index >= 15 is 0 Å². The molecule has 0 unspecified atom stereocenters. The standard InChI is InChI=1S/C11H15ClN2O2S/c1-3-16-9(15)5-7-17-8-4-6-14-11(13-2)10(8)12/h4,6H,3,5,7H2,1-2H3,(H,13,14)/i2D3. The quantitative estimate of drug-likeness (QED) is 0.640. The first kappa shape index (κ1) is 10.0. The molecular weight excluding hydrogens is 260 g/mol. The molecule has 1 N–H and O–H groups in total. The highest BCUT2D eigenvalue weighted by Gasteiger charge is 2.08. The summed E-state index contributed by atoms with van der Waals surface area (Å²) in [5.74, 6) is 0.328. The largest absolute Gasteiger partial charge is 0.466 e. The number of rotatable bonds is 6. The van der Waals surface area contributed by atoms with Gasteiger partial charge in [-0.1, -0.05) is 11.6 Å². The minimum atomic E-state index is -2.36. The van der Waals surface area contributed by atoms with Crippen LogP contribution in [0.1, 0.15) is 17.5 Å². The predicted molar refractivity (Wildman–Crippen MR) is 70.8 cm³/mol. The van der Waals surface area contributed by atoms with Crippen LogP contribution in [0.5, 0.6) is 0 Å². The normalized spacial score (nSPS) is 13.4. The summed E-state index contributed by atoms with van der Waals surface area (Å²) in [6.07, 6.45) is 1.73. The van der Waals surface area contributed by atoms with Crippen molar-refractivity contribution < 1.29 is 13.6 Å². The predicted octanol–water partition coefficient (Wildman–Crippen LogP) is 2.82. The van der Waals surface area contributed by atoms with Gasteiger partial charge >= 0.3 is 5.97 Å². The number of esters is 1. The SMILES string of the molecule is [2H]C([2H])([2H])Nc1nccc(SCCC(=O)OCC)c1Cl. The Balaban J connectivity index is 2.63. The second-order valence-corrected chi connectivity index (χ2v) is 4.51. The molecular formula is C11H15ClN2O2S. The van der Waals surface area contributed by atoms with Crippen LogP contribution in [0.4, 0.5) is 5.82 Å². The van der Waals surface area contributed by atoms with Gasteiger partial charge in [0.1, 0.15) is 5.82 Å². The summed E-state index contributed by atoms with van der Waals surface area (Å²) < 4.78 is 26.2. The highest BCUT2D eigenvalue weighted by Crippen LogP contribution is 2.31. The van der Waals surface area contributed by atoms with Gasteiger partial charge in [0.05, 0.1) is 18.1 Å². The minimum Gasteiger partial charge on any atom is -0.466 e. The van der Waals surface area contributed by atoms with E-state index in [2.05, 4.69) is 10.3 Å². The topological polar surface area (TPSA) is 51.2 Å². The lowest BCUT2D eigenvalue weighted by Gasteiger charge is -2.07. The molecule has 1 heterocycles. The summed E-state index contributed by atoms with van der Waals surface area (Å²) in [7, 11) is 0. The smallest absolute Gasteiger partial charge is 0.306 e. The Bertz CT molecular complexity index is 471. The zero-order valence-corrected chi connectivity index (χ0v) is 10.9. The number of pyridine rings is 1. The van der Waals surface area contributed by atoms with Crippen molar-refractivity contribution in [2.75, 3.05) is 24.7 Å². The number of thioether (sulfide) groups is 1. The fourth-order valence-corrected chi connectivity index (χ4v) is 2.29. The summed E-state index contributed by atoms with van der Waals surface area (Å²) in [6, 6.07) is 1.67. The fourth-order valence-electron chi connectivity index (χ4n) is 1.10. The van der Waals surface area contributed by atoms with Crippen LogP contribution < -0.4 is 5.32 Å². The second-order valence-electron chi connectivity index (χ2n) is 3.00. The van der Waals surface area contributed by atoms with Gasteiger partial charge in [0.25, 0.3) is 0 Å². The zero-order valence-electron chi connectivity index (χ0n) is 12.3. The van der Waals surface area contributed by atoms with E-state index in [9.17, 15) is 4.79 Å². The van der Waals surface area contributed by atoms with Gasteiger partial charge in [-0.05, 0) is 13.0 Å². The number of halogens is 1. The lowest BCUT2D eigenvalue weighted by Crippen LogP contribution is -2.04. The highest BCUT2D eigenvalue weighted by molar-refractivity contribution is 7.99. The summed E-state index contributed by atoms with van der Waals surface area (Å²) in [6.45, 7) is -0.255. The molecule has 0 saturated carbocycles. The first-order chi connectivity index (χ1) is 9.33. The molecule has 1 rings (SSSR count). The van der Waals surface area contributed by atoms with Gasteiger partial charge in [-0.25, -0.2) is 4.98 Å².